The van der Waals surface area contributed by atoms with Gasteiger partial charge in [-0.05, 0) is 25.0 Å². The predicted octanol–water partition coefficient (Wildman–Crippen LogP) is 2.75. The Bertz CT molecular complexity index is 493. The van der Waals surface area contributed by atoms with E-state index in [-0.39, 0.29) is 12.6 Å². The monoisotopic (exact) mass is 342 g/mol. The van der Waals surface area contributed by atoms with Gasteiger partial charge in [0.2, 0.25) is 0 Å². The van der Waals surface area contributed by atoms with E-state index in [0.29, 0.717) is 13.0 Å². The molecule has 6 heteroatoms. The number of halogens is 1. The van der Waals surface area contributed by atoms with Crippen LogP contribution in [-0.4, -0.2) is 23.7 Å². The van der Waals surface area contributed by atoms with Gasteiger partial charge < -0.3 is 15.7 Å². The Hall–Kier alpha value is -1.56. The highest BCUT2D eigenvalue weighted by Crippen LogP contribution is 2.19. The lowest BCUT2D eigenvalue weighted by atomic mass is 9.88. The van der Waals surface area contributed by atoms with Crippen LogP contribution in [0.15, 0.2) is 28.7 Å². The SMILES string of the molecule is CCC(C)(CNC(=O)NCc1ccccc1Br)C(=O)O. The van der Waals surface area contributed by atoms with Crippen molar-refractivity contribution < 1.29 is 14.7 Å². The molecule has 0 bridgehead atoms. The summed E-state index contributed by atoms with van der Waals surface area (Å²) in [7, 11) is 0. The summed E-state index contributed by atoms with van der Waals surface area (Å²) in [4.78, 5) is 22.8. The largest absolute Gasteiger partial charge is 0.481 e. The number of carboxylic acids is 1. The summed E-state index contributed by atoms with van der Waals surface area (Å²) in [5, 5.41) is 14.4. The summed E-state index contributed by atoms with van der Waals surface area (Å²) < 4.78 is 0.921. The average Bonchev–Trinajstić information content (AvgIpc) is 2.43. The standard InChI is InChI=1S/C14H19BrN2O3/c1-3-14(2,12(18)19)9-17-13(20)16-8-10-6-4-5-7-11(10)15/h4-7H,3,8-9H2,1-2H3,(H,18,19)(H2,16,17,20). The fourth-order valence-corrected chi connectivity index (χ4v) is 1.93. The zero-order chi connectivity index (χ0) is 15.2. The molecule has 1 atom stereocenters. The summed E-state index contributed by atoms with van der Waals surface area (Å²) in [6.45, 7) is 3.88. The molecule has 1 unspecified atom stereocenters. The van der Waals surface area contributed by atoms with Gasteiger partial charge in [0.15, 0.2) is 0 Å². The zero-order valence-electron chi connectivity index (χ0n) is 11.6. The Morgan fingerprint density at radius 2 is 1.95 bits per heavy atom. The summed E-state index contributed by atoms with van der Waals surface area (Å²) in [5.41, 5.74) is 0.0177. The molecule has 1 aromatic rings. The van der Waals surface area contributed by atoms with Crippen LogP contribution in [-0.2, 0) is 11.3 Å². The molecule has 0 saturated carbocycles. The highest BCUT2D eigenvalue weighted by Gasteiger charge is 2.31. The van der Waals surface area contributed by atoms with Crippen molar-refractivity contribution in [2.24, 2.45) is 5.41 Å². The van der Waals surface area contributed by atoms with Crippen molar-refractivity contribution in [1.82, 2.24) is 10.6 Å². The van der Waals surface area contributed by atoms with Gasteiger partial charge in [-0.25, -0.2) is 4.79 Å². The second-order valence-electron chi connectivity index (χ2n) is 4.85. The second kappa shape index (κ2) is 7.28. The van der Waals surface area contributed by atoms with E-state index in [4.69, 9.17) is 5.11 Å². The van der Waals surface area contributed by atoms with E-state index >= 15 is 0 Å². The first kappa shape index (κ1) is 16.5. The van der Waals surface area contributed by atoms with E-state index in [0.717, 1.165) is 10.0 Å². The van der Waals surface area contributed by atoms with Crippen molar-refractivity contribution in [3.63, 3.8) is 0 Å². The molecular weight excluding hydrogens is 324 g/mol. The van der Waals surface area contributed by atoms with Gasteiger partial charge in [0, 0.05) is 17.6 Å². The first-order valence-corrected chi connectivity index (χ1v) is 7.17. The van der Waals surface area contributed by atoms with Gasteiger partial charge in [0.1, 0.15) is 0 Å². The molecule has 2 amide bonds. The number of benzene rings is 1. The number of urea groups is 1. The van der Waals surface area contributed by atoms with Gasteiger partial charge in [-0.1, -0.05) is 41.1 Å². The summed E-state index contributed by atoms with van der Waals surface area (Å²) >= 11 is 3.40. The van der Waals surface area contributed by atoms with Crippen molar-refractivity contribution in [2.75, 3.05) is 6.54 Å². The van der Waals surface area contributed by atoms with E-state index < -0.39 is 11.4 Å². The molecule has 110 valence electrons. The van der Waals surface area contributed by atoms with E-state index in [1.54, 1.807) is 13.8 Å². The third-order valence-corrected chi connectivity index (χ3v) is 4.11. The van der Waals surface area contributed by atoms with Crippen LogP contribution in [0.5, 0.6) is 0 Å². The smallest absolute Gasteiger partial charge is 0.315 e. The summed E-state index contributed by atoms with van der Waals surface area (Å²) in [6, 6.07) is 7.21. The van der Waals surface area contributed by atoms with E-state index in [2.05, 4.69) is 26.6 Å². The third kappa shape index (κ3) is 4.52. The molecule has 0 aromatic heterocycles. The minimum Gasteiger partial charge on any atom is -0.481 e. The first-order valence-electron chi connectivity index (χ1n) is 6.37. The lowest BCUT2D eigenvalue weighted by Gasteiger charge is -2.23. The van der Waals surface area contributed by atoms with Gasteiger partial charge in [-0.15, -0.1) is 0 Å². The van der Waals surface area contributed by atoms with Crippen molar-refractivity contribution in [3.8, 4) is 0 Å². The lowest BCUT2D eigenvalue weighted by molar-refractivity contribution is -0.147. The molecule has 0 fully saturated rings. The van der Waals surface area contributed by atoms with E-state index in [1.165, 1.54) is 0 Å². The minimum absolute atomic E-state index is 0.0978. The van der Waals surface area contributed by atoms with Gasteiger partial charge in [-0.2, -0.15) is 0 Å². The maximum Gasteiger partial charge on any atom is 0.315 e. The Morgan fingerprint density at radius 1 is 1.30 bits per heavy atom. The summed E-state index contributed by atoms with van der Waals surface area (Å²) in [5.74, 6) is -0.911. The topological polar surface area (TPSA) is 78.4 Å². The van der Waals surface area contributed by atoms with Crippen LogP contribution in [0, 0.1) is 5.41 Å². The quantitative estimate of drug-likeness (QED) is 0.743. The number of carbonyl (C=O) groups excluding carboxylic acids is 1. The fraction of sp³-hybridized carbons (Fsp3) is 0.429. The van der Waals surface area contributed by atoms with Gasteiger partial charge in [0.25, 0.3) is 0 Å². The van der Waals surface area contributed by atoms with E-state index in [9.17, 15) is 9.59 Å². The molecular formula is C14H19BrN2O3. The Balaban J connectivity index is 2.45. The third-order valence-electron chi connectivity index (χ3n) is 3.33. The van der Waals surface area contributed by atoms with Gasteiger partial charge >= 0.3 is 12.0 Å². The second-order valence-corrected chi connectivity index (χ2v) is 5.70. The van der Waals surface area contributed by atoms with Crippen molar-refractivity contribution in [1.29, 1.82) is 0 Å². The highest BCUT2D eigenvalue weighted by molar-refractivity contribution is 9.10. The molecule has 0 aliphatic heterocycles. The Kier molecular flexibility index (Phi) is 6.01. The normalized spacial score (nSPS) is 13.3. The van der Waals surface area contributed by atoms with Crippen LogP contribution < -0.4 is 10.6 Å². The molecule has 0 heterocycles. The molecule has 1 aromatic carbocycles. The molecule has 1 rings (SSSR count). The van der Waals surface area contributed by atoms with Gasteiger partial charge in [-0.3, -0.25) is 4.79 Å². The Labute approximate surface area is 126 Å². The van der Waals surface area contributed by atoms with Crippen LogP contribution in [0.4, 0.5) is 4.79 Å². The average molecular weight is 343 g/mol. The number of carbonyl (C=O) groups is 2. The molecule has 5 nitrogen and oxygen atoms in total. The van der Waals surface area contributed by atoms with E-state index in [1.807, 2.05) is 24.3 Å². The number of hydrogen-bond donors (Lipinski definition) is 3. The zero-order valence-corrected chi connectivity index (χ0v) is 13.2. The number of rotatable bonds is 6. The van der Waals surface area contributed by atoms with Crippen LogP contribution in [0.3, 0.4) is 0 Å². The molecule has 0 aliphatic carbocycles. The maximum atomic E-state index is 11.7. The molecule has 0 aliphatic rings. The van der Waals surface area contributed by atoms with Crippen LogP contribution in [0.1, 0.15) is 25.8 Å². The molecule has 0 radical (unpaired) electrons. The number of aliphatic carboxylic acids is 1. The van der Waals surface area contributed by atoms with Crippen molar-refractivity contribution in [3.05, 3.63) is 34.3 Å². The fourth-order valence-electron chi connectivity index (χ4n) is 1.51. The summed E-state index contributed by atoms with van der Waals surface area (Å²) in [6.07, 6.45) is 0.451. The first-order chi connectivity index (χ1) is 9.39. The number of nitrogens with one attached hydrogen (secondary N) is 2. The van der Waals surface area contributed by atoms with Gasteiger partial charge in [0.05, 0.1) is 5.41 Å². The lowest BCUT2D eigenvalue weighted by Crippen LogP contribution is -2.44. The van der Waals surface area contributed by atoms with Crippen molar-refractivity contribution >= 4 is 27.9 Å². The predicted molar refractivity (Wildman–Crippen MR) is 80.4 cm³/mol. The molecule has 20 heavy (non-hydrogen) atoms. The molecule has 0 saturated heterocycles. The van der Waals surface area contributed by atoms with Crippen LogP contribution in [0.2, 0.25) is 0 Å². The molecule has 0 spiro atoms. The number of hydrogen-bond acceptors (Lipinski definition) is 2. The minimum atomic E-state index is -0.940. The highest BCUT2D eigenvalue weighted by atomic mass is 79.9. The Morgan fingerprint density at radius 3 is 2.50 bits per heavy atom. The van der Waals surface area contributed by atoms with Crippen LogP contribution >= 0.6 is 15.9 Å². The number of amides is 2. The maximum absolute atomic E-state index is 11.7. The van der Waals surface area contributed by atoms with Crippen LogP contribution in [0.25, 0.3) is 0 Å². The number of carboxylic acid groups (broad SMARTS) is 1. The molecule has 3 N–H and O–H groups in total. The van der Waals surface area contributed by atoms with Crippen molar-refractivity contribution in [2.45, 2.75) is 26.8 Å².